The van der Waals surface area contributed by atoms with Crippen LogP contribution in [0.3, 0.4) is 0 Å². The van der Waals surface area contributed by atoms with Gasteiger partial charge in [-0.15, -0.1) is 0 Å². The first-order valence-electron chi connectivity index (χ1n) is 7.61. The van der Waals surface area contributed by atoms with E-state index in [9.17, 15) is 9.18 Å². The van der Waals surface area contributed by atoms with E-state index in [4.69, 9.17) is 33.3 Å². The minimum absolute atomic E-state index is 0.178. The fourth-order valence-corrected chi connectivity index (χ4v) is 4.09. The lowest BCUT2D eigenvalue weighted by molar-refractivity contribution is -0.122. The summed E-state index contributed by atoms with van der Waals surface area (Å²) in [6, 6.07) is 9.85. The normalized spacial score (nSPS) is 17.5. The minimum Gasteiger partial charge on any atom is -0.454 e. The Morgan fingerprint density at radius 2 is 2.08 bits per heavy atom. The number of amides is 1. The molecule has 0 bridgehead atoms. The third-order valence-electron chi connectivity index (χ3n) is 3.93. The molecule has 0 saturated carbocycles. The Balaban J connectivity index is 1.59. The zero-order valence-electron chi connectivity index (χ0n) is 13.2. The van der Waals surface area contributed by atoms with E-state index in [-0.39, 0.29) is 23.3 Å². The summed E-state index contributed by atoms with van der Waals surface area (Å²) >= 11 is 12.5. The van der Waals surface area contributed by atoms with Gasteiger partial charge in [0.15, 0.2) is 11.5 Å². The summed E-state index contributed by atoms with van der Waals surface area (Å²) < 4.78 is 25.0. The fraction of sp³-hybridized carbons (Fsp3) is 0.111. The highest BCUT2D eigenvalue weighted by Gasteiger charge is 2.32. The molecule has 8 heteroatoms. The number of fused-ring (bicyclic) bond motifs is 1. The third kappa shape index (κ3) is 3.18. The molecule has 4 rings (SSSR count). The maximum Gasteiger partial charge on any atom is 0.266 e. The molecule has 2 aliphatic heterocycles. The predicted molar refractivity (Wildman–Crippen MR) is 103 cm³/mol. The van der Waals surface area contributed by atoms with Crippen LogP contribution in [0.2, 0.25) is 5.02 Å². The van der Waals surface area contributed by atoms with Gasteiger partial charge < -0.3 is 9.47 Å². The van der Waals surface area contributed by atoms with E-state index < -0.39 is 5.82 Å². The number of rotatable bonds is 3. The molecule has 0 aliphatic carbocycles. The number of hydrogen-bond acceptors (Lipinski definition) is 5. The number of halogens is 2. The van der Waals surface area contributed by atoms with E-state index in [0.717, 1.165) is 17.3 Å². The molecule has 2 aromatic carbocycles. The smallest absolute Gasteiger partial charge is 0.266 e. The van der Waals surface area contributed by atoms with Crippen LogP contribution >= 0.6 is 35.6 Å². The molecule has 0 aromatic heterocycles. The van der Waals surface area contributed by atoms with Crippen molar-refractivity contribution < 1.29 is 18.7 Å². The molecule has 4 nitrogen and oxygen atoms in total. The fourth-order valence-electron chi connectivity index (χ4n) is 2.64. The number of nitrogens with zero attached hydrogens (tertiary/aromatic N) is 1. The Kier molecular flexibility index (Phi) is 4.60. The van der Waals surface area contributed by atoms with E-state index in [0.29, 0.717) is 27.3 Å². The zero-order chi connectivity index (χ0) is 18.3. The highest BCUT2D eigenvalue weighted by Crippen LogP contribution is 2.37. The zero-order valence-corrected chi connectivity index (χ0v) is 15.6. The van der Waals surface area contributed by atoms with Crippen LogP contribution in [-0.4, -0.2) is 21.9 Å². The first-order chi connectivity index (χ1) is 12.5. The van der Waals surface area contributed by atoms with Gasteiger partial charge in [-0.05, 0) is 35.9 Å². The van der Waals surface area contributed by atoms with E-state index in [1.807, 2.05) is 12.1 Å². The summed E-state index contributed by atoms with van der Waals surface area (Å²) in [5, 5.41) is 0.242. The molecule has 2 aliphatic rings. The number of carbonyl (C=O) groups excluding carboxylic acids is 1. The number of benzene rings is 2. The van der Waals surface area contributed by atoms with E-state index in [2.05, 4.69) is 0 Å². The maximum absolute atomic E-state index is 14.0. The highest BCUT2D eigenvalue weighted by molar-refractivity contribution is 8.26. The Morgan fingerprint density at radius 3 is 2.88 bits per heavy atom. The third-order valence-corrected chi connectivity index (χ3v) is 5.63. The lowest BCUT2D eigenvalue weighted by atomic mass is 10.1. The van der Waals surface area contributed by atoms with Crippen LogP contribution in [0, 0.1) is 5.82 Å². The summed E-state index contributed by atoms with van der Waals surface area (Å²) in [7, 11) is 0. The van der Waals surface area contributed by atoms with E-state index in [1.165, 1.54) is 23.1 Å². The van der Waals surface area contributed by atoms with Gasteiger partial charge in [-0.1, -0.05) is 47.7 Å². The van der Waals surface area contributed by atoms with Crippen molar-refractivity contribution in [1.82, 2.24) is 4.90 Å². The summed E-state index contributed by atoms with van der Waals surface area (Å²) in [4.78, 5) is 14.5. The monoisotopic (exact) mass is 407 g/mol. The molecule has 0 atom stereocenters. The molecule has 1 amide bonds. The van der Waals surface area contributed by atoms with Crippen LogP contribution in [0.15, 0.2) is 41.3 Å². The van der Waals surface area contributed by atoms with Crippen LogP contribution in [0.4, 0.5) is 4.39 Å². The number of thiocarbonyl (C=S) groups is 1. The second-order valence-corrected chi connectivity index (χ2v) is 7.67. The van der Waals surface area contributed by atoms with Gasteiger partial charge in [-0.25, -0.2) is 4.39 Å². The van der Waals surface area contributed by atoms with Gasteiger partial charge in [-0.2, -0.15) is 0 Å². The minimum atomic E-state index is -0.487. The van der Waals surface area contributed by atoms with E-state index in [1.54, 1.807) is 12.1 Å². The molecule has 0 spiro atoms. The molecule has 2 aromatic rings. The maximum atomic E-state index is 14.0. The van der Waals surface area contributed by atoms with Gasteiger partial charge >= 0.3 is 0 Å². The van der Waals surface area contributed by atoms with Crippen LogP contribution < -0.4 is 9.47 Å². The molecule has 0 N–H and O–H groups in total. The molecule has 26 heavy (non-hydrogen) atoms. The van der Waals surface area contributed by atoms with Crippen LogP contribution in [0.5, 0.6) is 11.5 Å². The largest absolute Gasteiger partial charge is 0.454 e. The van der Waals surface area contributed by atoms with Gasteiger partial charge in [-0.3, -0.25) is 9.69 Å². The summed E-state index contributed by atoms with van der Waals surface area (Å²) in [6.07, 6.45) is 1.44. The molecule has 132 valence electrons. The number of hydrogen-bond donors (Lipinski definition) is 0. The van der Waals surface area contributed by atoms with Crippen molar-refractivity contribution >= 4 is 51.9 Å². The quantitative estimate of drug-likeness (QED) is 0.548. The second kappa shape index (κ2) is 6.90. The van der Waals surface area contributed by atoms with Crippen LogP contribution in [0.1, 0.15) is 11.1 Å². The van der Waals surface area contributed by atoms with Crippen molar-refractivity contribution in [1.29, 1.82) is 0 Å². The van der Waals surface area contributed by atoms with Gasteiger partial charge in [0.1, 0.15) is 10.1 Å². The highest BCUT2D eigenvalue weighted by atomic mass is 35.5. The van der Waals surface area contributed by atoms with Crippen molar-refractivity contribution in [2.75, 3.05) is 6.79 Å². The molecule has 0 radical (unpaired) electrons. The molecule has 1 fully saturated rings. The summed E-state index contributed by atoms with van der Waals surface area (Å²) in [5.41, 5.74) is 1.04. The van der Waals surface area contributed by atoms with Crippen LogP contribution in [0.25, 0.3) is 6.08 Å². The van der Waals surface area contributed by atoms with Crippen molar-refractivity contribution in [3.05, 3.63) is 63.3 Å². The number of thioether (sulfide) groups is 1. The molecular formula is C18H11ClFNO3S2. The van der Waals surface area contributed by atoms with Crippen LogP contribution in [-0.2, 0) is 11.3 Å². The van der Waals surface area contributed by atoms with Crippen molar-refractivity contribution in [2.24, 2.45) is 0 Å². The average Bonchev–Trinajstić information content (AvgIpc) is 3.18. The lowest BCUT2D eigenvalue weighted by Gasteiger charge is -2.14. The Morgan fingerprint density at radius 1 is 1.27 bits per heavy atom. The molecule has 2 heterocycles. The molecule has 0 unspecified atom stereocenters. The van der Waals surface area contributed by atoms with E-state index >= 15 is 0 Å². The predicted octanol–water partition coefficient (Wildman–Crippen LogP) is 4.61. The SMILES string of the molecule is O=C1C(=Cc2c(F)cccc2Cl)SC(=S)N1Cc1ccc2c(c1)OCO2. The van der Waals surface area contributed by atoms with Gasteiger partial charge in [0, 0.05) is 5.56 Å². The van der Waals surface area contributed by atoms with Crippen molar-refractivity contribution in [3.63, 3.8) is 0 Å². The van der Waals surface area contributed by atoms with Gasteiger partial charge in [0.2, 0.25) is 6.79 Å². The first kappa shape index (κ1) is 17.3. The van der Waals surface area contributed by atoms with Crippen molar-refractivity contribution in [2.45, 2.75) is 6.54 Å². The Hall–Kier alpha value is -2.09. The van der Waals surface area contributed by atoms with Gasteiger partial charge in [0.05, 0.1) is 16.5 Å². The number of ether oxygens (including phenoxy) is 2. The lowest BCUT2D eigenvalue weighted by Crippen LogP contribution is -2.27. The topological polar surface area (TPSA) is 38.8 Å². The number of carbonyl (C=O) groups is 1. The summed E-state index contributed by atoms with van der Waals surface area (Å²) in [5.74, 6) is 0.547. The molecular weight excluding hydrogens is 397 g/mol. The van der Waals surface area contributed by atoms with Gasteiger partial charge in [0.25, 0.3) is 5.91 Å². The Bertz CT molecular complexity index is 943. The standard InChI is InChI=1S/C18H11ClFNO3S2/c19-12-2-1-3-13(20)11(12)7-16-17(22)21(18(25)26-16)8-10-4-5-14-15(6-10)24-9-23-14/h1-7H,8-9H2. The molecule has 1 saturated heterocycles. The Labute approximate surface area is 163 Å². The average molecular weight is 408 g/mol. The first-order valence-corrected chi connectivity index (χ1v) is 9.21. The second-order valence-electron chi connectivity index (χ2n) is 5.59. The summed E-state index contributed by atoms with van der Waals surface area (Å²) in [6.45, 7) is 0.482. The van der Waals surface area contributed by atoms with Crippen molar-refractivity contribution in [3.8, 4) is 11.5 Å².